The zero-order chi connectivity index (χ0) is 14.4. The van der Waals surface area contributed by atoms with Crippen molar-refractivity contribution in [3.63, 3.8) is 0 Å². The van der Waals surface area contributed by atoms with E-state index in [1.807, 2.05) is 13.8 Å². The molecule has 0 aromatic rings. The van der Waals surface area contributed by atoms with Crippen molar-refractivity contribution in [2.75, 3.05) is 6.26 Å². The van der Waals surface area contributed by atoms with Gasteiger partial charge in [-0.2, -0.15) is 8.42 Å². The van der Waals surface area contributed by atoms with Crippen LogP contribution in [0, 0.1) is 5.92 Å². The fourth-order valence-electron chi connectivity index (χ4n) is 0.405. The Kier molecular flexibility index (Phi) is 7.30. The van der Waals surface area contributed by atoms with Gasteiger partial charge in [-0.15, -0.1) is 0 Å². The van der Waals surface area contributed by atoms with Gasteiger partial charge < -0.3 is 4.74 Å². The summed E-state index contributed by atoms with van der Waals surface area (Å²) in [5.41, 5.74) is 5.18. The number of nitrogens with two attached hydrogens (primary N) is 1. The highest BCUT2D eigenvalue weighted by Gasteiger charge is 2.27. The molecule has 7 heteroatoms. The molecule has 0 aromatic heterocycles. The fraction of sp³-hybridized carbons (Fsp3) is 0.700. The molecule has 0 heterocycles. The Morgan fingerprint density at radius 2 is 1.76 bits per heavy atom. The molecule has 0 amide bonds. The predicted octanol–water partition coefficient (Wildman–Crippen LogP) is 0.941. The van der Waals surface area contributed by atoms with Crippen LogP contribution in [0.4, 0.5) is 0 Å². The Balaban J connectivity index is 0. The molecule has 0 spiro atoms. The molecule has 0 aliphatic heterocycles. The monoisotopic (exact) mass is 267 g/mol. The minimum Gasteiger partial charge on any atom is -0.441 e. The second-order valence-electron chi connectivity index (χ2n) is 4.24. The second-order valence-corrected chi connectivity index (χ2v) is 5.71. The zero-order valence-corrected chi connectivity index (χ0v) is 11.7. The van der Waals surface area contributed by atoms with Crippen LogP contribution in [0.3, 0.4) is 0 Å². The van der Waals surface area contributed by atoms with Crippen LogP contribution in [-0.4, -0.2) is 30.9 Å². The number of ether oxygens (including phenoxy) is 1. The van der Waals surface area contributed by atoms with Crippen LogP contribution in [0.1, 0.15) is 27.7 Å². The summed E-state index contributed by atoms with van der Waals surface area (Å²) >= 11 is 0. The van der Waals surface area contributed by atoms with Gasteiger partial charge >= 0.3 is 5.97 Å². The lowest BCUT2D eigenvalue weighted by atomic mass is 10.0. The Labute approximate surface area is 103 Å². The van der Waals surface area contributed by atoms with E-state index in [2.05, 4.69) is 6.58 Å². The van der Waals surface area contributed by atoms with Gasteiger partial charge in [-0.05, 0) is 13.8 Å². The summed E-state index contributed by atoms with van der Waals surface area (Å²) in [6.45, 7) is 10.5. The quantitative estimate of drug-likeness (QED) is 0.341. The van der Waals surface area contributed by atoms with Crippen molar-refractivity contribution in [1.29, 1.82) is 0 Å². The van der Waals surface area contributed by atoms with E-state index in [0.717, 1.165) is 0 Å². The highest BCUT2D eigenvalue weighted by atomic mass is 32.2. The zero-order valence-electron chi connectivity index (χ0n) is 10.9. The maximum Gasteiger partial charge on any atom is 0.334 e. The van der Waals surface area contributed by atoms with E-state index in [0.29, 0.717) is 11.8 Å². The lowest BCUT2D eigenvalue weighted by Gasteiger charge is -2.28. The first-order valence-electron chi connectivity index (χ1n) is 4.87. The summed E-state index contributed by atoms with van der Waals surface area (Å²) in [5, 5.41) is 0. The molecule has 0 aliphatic rings. The summed E-state index contributed by atoms with van der Waals surface area (Å²) in [5.74, 6) is -0.352. The van der Waals surface area contributed by atoms with Crippen molar-refractivity contribution in [1.82, 2.24) is 0 Å². The molecule has 1 atom stereocenters. The van der Waals surface area contributed by atoms with Crippen molar-refractivity contribution in [3.05, 3.63) is 12.2 Å². The Morgan fingerprint density at radius 1 is 1.47 bits per heavy atom. The molecular weight excluding hydrogens is 246 g/mol. The minimum absolute atomic E-state index is 0.0841. The van der Waals surface area contributed by atoms with Gasteiger partial charge in [-0.3, -0.25) is 10.3 Å². The molecule has 1 unspecified atom stereocenters. The molecule has 0 aromatic carbocycles. The topological polar surface area (TPSA) is 107 Å². The van der Waals surface area contributed by atoms with Crippen LogP contribution in [-0.2, 0) is 19.6 Å². The van der Waals surface area contributed by atoms with Crippen molar-refractivity contribution in [3.8, 4) is 0 Å². The summed E-state index contributed by atoms with van der Waals surface area (Å²) in [6.07, 6.45) is 0.715. The third kappa shape index (κ3) is 13.0. The van der Waals surface area contributed by atoms with Crippen LogP contribution >= 0.6 is 0 Å². The third-order valence-corrected chi connectivity index (χ3v) is 1.81. The Bertz CT molecular complexity index is 362. The van der Waals surface area contributed by atoms with E-state index in [-0.39, 0.29) is 5.92 Å². The molecule has 0 radical (unpaired) electrons. The van der Waals surface area contributed by atoms with E-state index in [1.54, 1.807) is 13.8 Å². The highest BCUT2D eigenvalue weighted by Crippen LogP contribution is 2.15. The fourth-order valence-corrected chi connectivity index (χ4v) is 0.405. The van der Waals surface area contributed by atoms with Gasteiger partial charge in [-0.1, -0.05) is 20.4 Å². The lowest BCUT2D eigenvalue weighted by molar-refractivity contribution is -0.156. The van der Waals surface area contributed by atoms with Crippen molar-refractivity contribution in [2.24, 2.45) is 11.7 Å². The number of hydrogen-bond acceptors (Lipinski definition) is 5. The van der Waals surface area contributed by atoms with Crippen molar-refractivity contribution < 1.29 is 22.5 Å². The molecule has 6 nitrogen and oxygen atoms in total. The molecule has 0 bridgehead atoms. The summed E-state index contributed by atoms with van der Waals surface area (Å²) in [6, 6.07) is 0. The Hall–Kier alpha value is -0.920. The average molecular weight is 267 g/mol. The van der Waals surface area contributed by atoms with Crippen molar-refractivity contribution >= 4 is 16.1 Å². The van der Waals surface area contributed by atoms with E-state index in [1.165, 1.54) is 0 Å². The molecule has 0 rings (SSSR count). The van der Waals surface area contributed by atoms with E-state index in [9.17, 15) is 13.2 Å². The van der Waals surface area contributed by atoms with Gasteiger partial charge in [0.05, 0.1) is 6.26 Å². The van der Waals surface area contributed by atoms with Crippen LogP contribution in [0.15, 0.2) is 12.2 Å². The van der Waals surface area contributed by atoms with E-state index in [4.69, 9.17) is 15.0 Å². The molecule has 17 heavy (non-hydrogen) atoms. The maximum absolute atomic E-state index is 11.1. The van der Waals surface area contributed by atoms with Gasteiger partial charge in [0, 0.05) is 11.5 Å². The van der Waals surface area contributed by atoms with Crippen LogP contribution < -0.4 is 5.73 Å². The first-order valence-corrected chi connectivity index (χ1v) is 6.72. The van der Waals surface area contributed by atoms with Crippen molar-refractivity contribution in [2.45, 2.75) is 33.4 Å². The number of hydrogen-bond donors (Lipinski definition) is 2. The highest BCUT2D eigenvalue weighted by molar-refractivity contribution is 7.85. The standard InChI is InChI=1S/C9H17NO2.CH4O3S/c1-6(2)8(11)12-9(5,10)7(3)4;1-5(2,3)4/h7H,1,10H2,2-5H3;1H3,(H,2,3,4). The number of carbonyl (C=O) groups is 1. The Morgan fingerprint density at radius 3 is 1.94 bits per heavy atom. The summed E-state index contributed by atoms with van der Waals surface area (Å²) in [4.78, 5) is 11.1. The molecule has 3 N–H and O–H groups in total. The summed E-state index contributed by atoms with van der Waals surface area (Å²) < 4.78 is 30.9. The molecule has 102 valence electrons. The number of carbonyl (C=O) groups excluding carboxylic acids is 1. The van der Waals surface area contributed by atoms with Gasteiger partial charge in [0.25, 0.3) is 10.1 Å². The van der Waals surface area contributed by atoms with Crippen LogP contribution in [0.25, 0.3) is 0 Å². The van der Waals surface area contributed by atoms with Crippen LogP contribution in [0.2, 0.25) is 0 Å². The van der Waals surface area contributed by atoms with Gasteiger partial charge in [0.15, 0.2) is 5.72 Å². The molecule has 0 saturated carbocycles. The molecule has 0 saturated heterocycles. The molecule has 0 fully saturated rings. The van der Waals surface area contributed by atoms with Gasteiger partial charge in [0.2, 0.25) is 0 Å². The lowest BCUT2D eigenvalue weighted by Crippen LogP contribution is -2.46. The number of rotatable bonds is 3. The van der Waals surface area contributed by atoms with Gasteiger partial charge in [-0.25, -0.2) is 4.79 Å². The number of esters is 1. The smallest absolute Gasteiger partial charge is 0.334 e. The SMILES string of the molecule is C=C(C)C(=O)OC(C)(N)C(C)C.CS(=O)(=O)O. The van der Waals surface area contributed by atoms with E-state index >= 15 is 0 Å². The normalized spacial score (nSPS) is 14.4. The molecule has 0 aliphatic carbocycles. The van der Waals surface area contributed by atoms with Gasteiger partial charge in [0.1, 0.15) is 0 Å². The first kappa shape index (κ1) is 18.4. The summed E-state index contributed by atoms with van der Waals surface area (Å²) in [7, 11) is -3.67. The minimum atomic E-state index is -3.67. The average Bonchev–Trinajstić information content (AvgIpc) is 1.99. The largest absolute Gasteiger partial charge is 0.441 e. The van der Waals surface area contributed by atoms with Crippen LogP contribution in [0.5, 0.6) is 0 Å². The second kappa shape index (κ2) is 6.73. The van der Waals surface area contributed by atoms with E-state index < -0.39 is 21.8 Å². The molecular formula is C10H21NO5S. The first-order chi connectivity index (χ1) is 7.27. The maximum atomic E-state index is 11.1. The predicted molar refractivity (Wildman–Crippen MR) is 65.8 cm³/mol. The third-order valence-electron chi connectivity index (χ3n) is 1.81.